The average Bonchev–Trinajstić information content (AvgIpc) is 2.57. The van der Waals surface area contributed by atoms with E-state index in [1.807, 2.05) is 0 Å². The molecule has 134 valence electrons. The summed E-state index contributed by atoms with van der Waals surface area (Å²) in [5.41, 5.74) is 2.81. The number of hydrogen-bond donors (Lipinski definition) is 1. The minimum absolute atomic E-state index is 0.287. The van der Waals surface area contributed by atoms with E-state index < -0.39 is 5.97 Å². The highest BCUT2D eigenvalue weighted by molar-refractivity contribution is 5.66. The van der Waals surface area contributed by atoms with Gasteiger partial charge in [0, 0.05) is 6.42 Å². The van der Waals surface area contributed by atoms with Gasteiger partial charge >= 0.3 is 5.97 Å². The molecule has 0 saturated carbocycles. The van der Waals surface area contributed by atoms with Crippen LogP contribution in [0.3, 0.4) is 0 Å². The molecule has 1 aromatic rings. The summed E-state index contributed by atoms with van der Waals surface area (Å²) in [6.07, 6.45) is 15.9. The Morgan fingerprint density at radius 2 is 1.50 bits per heavy atom. The molecule has 0 fully saturated rings. The lowest BCUT2D eigenvalue weighted by molar-refractivity contribution is -0.137. The fourth-order valence-electron chi connectivity index (χ4n) is 2.97. The zero-order valence-corrected chi connectivity index (χ0v) is 15.3. The van der Waals surface area contributed by atoms with Crippen molar-refractivity contribution in [1.29, 1.82) is 0 Å². The van der Waals surface area contributed by atoms with Gasteiger partial charge in [-0.05, 0) is 51.0 Å². The van der Waals surface area contributed by atoms with Crippen LogP contribution in [0.4, 0.5) is 0 Å². The van der Waals surface area contributed by atoms with Gasteiger partial charge < -0.3 is 5.11 Å². The molecule has 2 nitrogen and oxygen atoms in total. The van der Waals surface area contributed by atoms with Crippen LogP contribution in [-0.2, 0) is 11.2 Å². The van der Waals surface area contributed by atoms with Crippen molar-refractivity contribution in [3.8, 4) is 0 Å². The zero-order valence-electron chi connectivity index (χ0n) is 15.3. The van der Waals surface area contributed by atoms with Crippen LogP contribution < -0.4 is 0 Å². The molecule has 0 radical (unpaired) electrons. The van der Waals surface area contributed by atoms with Gasteiger partial charge in [0.1, 0.15) is 0 Å². The van der Waals surface area contributed by atoms with Crippen molar-refractivity contribution in [1.82, 2.24) is 0 Å². The topological polar surface area (TPSA) is 37.3 Å². The quantitative estimate of drug-likeness (QED) is 0.310. The summed E-state index contributed by atoms with van der Waals surface area (Å²) in [5.74, 6) is -0.688. The molecule has 24 heavy (non-hydrogen) atoms. The van der Waals surface area contributed by atoms with Crippen molar-refractivity contribution in [2.45, 2.75) is 84.0 Å². The maximum absolute atomic E-state index is 10.5. The van der Waals surface area contributed by atoms with E-state index >= 15 is 0 Å². The van der Waals surface area contributed by atoms with Gasteiger partial charge in [-0.1, -0.05) is 74.1 Å². The lowest BCUT2D eigenvalue weighted by Gasteiger charge is -2.03. The monoisotopic (exact) mass is 330 g/mol. The van der Waals surface area contributed by atoms with Gasteiger partial charge in [0.05, 0.1) is 0 Å². The highest BCUT2D eigenvalue weighted by Gasteiger charge is 1.97. The van der Waals surface area contributed by atoms with Crippen molar-refractivity contribution >= 4 is 5.97 Å². The predicted octanol–water partition coefficient (Wildman–Crippen LogP) is 6.55. The number of carboxylic acids is 1. The Hall–Kier alpha value is -1.57. The van der Waals surface area contributed by atoms with Crippen molar-refractivity contribution in [2.24, 2.45) is 0 Å². The van der Waals surface area contributed by atoms with E-state index in [-0.39, 0.29) is 6.42 Å². The lowest BCUT2D eigenvalue weighted by atomic mass is 10.0. The molecule has 1 N–H and O–H groups in total. The fourth-order valence-corrected chi connectivity index (χ4v) is 2.97. The number of carboxylic acid groups (broad SMARTS) is 1. The molecule has 0 heterocycles. The SMILES string of the molecule is CC(=CCCCCCCCCCc1ccccc1)CCCC(=O)O. The summed E-state index contributed by atoms with van der Waals surface area (Å²) in [7, 11) is 0. The molecule has 0 aliphatic carbocycles. The number of aliphatic carboxylic acids is 1. The molecule has 1 aromatic carbocycles. The molecule has 0 atom stereocenters. The van der Waals surface area contributed by atoms with Crippen molar-refractivity contribution in [2.75, 3.05) is 0 Å². The molecule has 0 unspecified atom stereocenters. The Morgan fingerprint density at radius 1 is 0.875 bits per heavy atom. The van der Waals surface area contributed by atoms with Crippen LogP contribution in [0.5, 0.6) is 0 Å². The summed E-state index contributed by atoms with van der Waals surface area (Å²) in [6, 6.07) is 10.8. The van der Waals surface area contributed by atoms with E-state index in [9.17, 15) is 4.79 Å². The lowest BCUT2D eigenvalue weighted by Crippen LogP contribution is -1.93. The van der Waals surface area contributed by atoms with Crippen LogP contribution in [0, 0.1) is 0 Å². The Balaban J connectivity index is 1.87. The Bertz CT molecular complexity index is 462. The van der Waals surface area contributed by atoms with Crippen LogP contribution in [0.2, 0.25) is 0 Å². The van der Waals surface area contributed by atoms with Gasteiger partial charge in [-0.15, -0.1) is 0 Å². The molecular formula is C22H34O2. The molecule has 0 bridgehead atoms. The molecule has 0 aliphatic heterocycles. The average molecular weight is 331 g/mol. The fraction of sp³-hybridized carbons (Fsp3) is 0.591. The Morgan fingerprint density at radius 3 is 2.17 bits per heavy atom. The third-order valence-corrected chi connectivity index (χ3v) is 4.47. The molecule has 0 aliphatic rings. The number of allylic oxidation sites excluding steroid dienone is 2. The van der Waals surface area contributed by atoms with Gasteiger partial charge in [-0.25, -0.2) is 0 Å². The Labute approximate surface area is 148 Å². The standard InChI is InChI=1S/C22H34O2/c1-20(15-13-19-22(23)24)14-9-6-4-2-3-5-7-10-16-21-17-11-8-12-18-21/h8,11-12,14,17-18H,2-7,9-10,13,15-16,19H2,1H3,(H,23,24). The minimum atomic E-state index is -0.688. The third kappa shape index (κ3) is 11.9. The second kappa shape index (κ2) is 13.8. The molecule has 1 rings (SSSR count). The molecule has 0 amide bonds. The first-order chi connectivity index (χ1) is 11.7. The number of hydrogen-bond acceptors (Lipinski definition) is 1. The number of benzene rings is 1. The second-order valence-electron chi connectivity index (χ2n) is 6.80. The number of aryl methyl sites for hydroxylation is 1. The zero-order chi connectivity index (χ0) is 17.5. The van der Waals surface area contributed by atoms with Crippen molar-refractivity contribution in [3.05, 3.63) is 47.5 Å². The van der Waals surface area contributed by atoms with E-state index in [4.69, 9.17) is 5.11 Å². The summed E-state index contributed by atoms with van der Waals surface area (Å²) < 4.78 is 0. The largest absolute Gasteiger partial charge is 0.481 e. The normalized spacial score (nSPS) is 11.6. The first kappa shape index (κ1) is 20.5. The van der Waals surface area contributed by atoms with E-state index in [0.717, 1.165) is 19.3 Å². The summed E-state index contributed by atoms with van der Waals surface area (Å²) >= 11 is 0. The van der Waals surface area contributed by atoms with Gasteiger partial charge in [0.15, 0.2) is 0 Å². The Kier molecular flexibility index (Phi) is 11.8. The molecule has 0 spiro atoms. The highest BCUT2D eigenvalue weighted by atomic mass is 16.4. The van der Waals surface area contributed by atoms with Crippen LogP contribution in [0.1, 0.15) is 83.1 Å². The molecule has 0 saturated heterocycles. The summed E-state index contributed by atoms with van der Waals surface area (Å²) in [4.78, 5) is 10.5. The number of rotatable bonds is 14. The maximum Gasteiger partial charge on any atom is 0.303 e. The van der Waals surface area contributed by atoms with Gasteiger partial charge in [-0.3, -0.25) is 4.79 Å². The van der Waals surface area contributed by atoms with Crippen LogP contribution in [0.25, 0.3) is 0 Å². The highest BCUT2D eigenvalue weighted by Crippen LogP contribution is 2.13. The van der Waals surface area contributed by atoms with E-state index in [1.54, 1.807) is 0 Å². The minimum Gasteiger partial charge on any atom is -0.481 e. The smallest absolute Gasteiger partial charge is 0.303 e. The van der Waals surface area contributed by atoms with Crippen molar-refractivity contribution in [3.63, 3.8) is 0 Å². The van der Waals surface area contributed by atoms with E-state index in [1.165, 1.54) is 62.5 Å². The number of unbranched alkanes of at least 4 members (excludes halogenated alkanes) is 7. The first-order valence-electron chi connectivity index (χ1n) is 9.60. The van der Waals surface area contributed by atoms with Crippen LogP contribution in [-0.4, -0.2) is 11.1 Å². The molecule has 0 aromatic heterocycles. The number of carbonyl (C=O) groups is 1. The van der Waals surface area contributed by atoms with Gasteiger partial charge in [-0.2, -0.15) is 0 Å². The predicted molar refractivity (Wildman–Crippen MR) is 102 cm³/mol. The summed E-state index contributed by atoms with van der Waals surface area (Å²) in [6.45, 7) is 2.12. The molecular weight excluding hydrogens is 296 g/mol. The van der Waals surface area contributed by atoms with Crippen LogP contribution >= 0.6 is 0 Å². The van der Waals surface area contributed by atoms with Crippen LogP contribution in [0.15, 0.2) is 42.0 Å². The van der Waals surface area contributed by atoms with Gasteiger partial charge in [0.25, 0.3) is 0 Å². The van der Waals surface area contributed by atoms with Gasteiger partial charge in [0.2, 0.25) is 0 Å². The summed E-state index contributed by atoms with van der Waals surface area (Å²) in [5, 5.41) is 8.62. The van der Waals surface area contributed by atoms with Crippen molar-refractivity contribution < 1.29 is 9.90 Å². The second-order valence-corrected chi connectivity index (χ2v) is 6.80. The first-order valence-corrected chi connectivity index (χ1v) is 9.60. The third-order valence-electron chi connectivity index (χ3n) is 4.47. The van der Waals surface area contributed by atoms with E-state index in [0.29, 0.717) is 0 Å². The maximum atomic E-state index is 10.5. The molecule has 2 heteroatoms. The van der Waals surface area contributed by atoms with E-state index in [2.05, 4.69) is 43.3 Å².